The molecule has 0 atom stereocenters. The van der Waals surface area contributed by atoms with Gasteiger partial charge in [-0.05, 0) is 55.0 Å². The lowest BCUT2D eigenvalue weighted by atomic mass is 10.0. The summed E-state index contributed by atoms with van der Waals surface area (Å²) in [4.78, 5) is 41.6. The standard InChI is InChI=1S/C25H24N2O6/c1-4-26(14-16-7-10-21(31-2)22(12-16)32-3)23(28)17-8-9-19-20(13-17)25(30)27(24(19)29)15-18-6-5-11-33-18/h5-13H,4,14-15H2,1-3H3. The van der Waals surface area contributed by atoms with Crippen LogP contribution in [0.1, 0.15) is 49.3 Å². The summed E-state index contributed by atoms with van der Waals surface area (Å²) in [5.41, 5.74) is 1.72. The molecule has 0 aliphatic carbocycles. The molecule has 2 heterocycles. The molecule has 4 rings (SSSR count). The van der Waals surface area contributed by atoms with Gasteiger partial charge in [0.25, 0.3) is 17.7 Å². The van der Waals surface area contributed by atoms with E-state index in [2.05, 4.69) is 0 Å². The molecule has 1 aromatic heterocycles. The molecule has 0 spiro atoms. The number of methoxy groups -OCH3 is 2. The first-order valence-electron chi connectivity index (χ1n) is 10.5. The molecular weight excluding hydrogens is 424 g/mol. The zero-order valence-electron chi connectivity index (χ0n) is 18.7. The maximum Gasteiger partial charge on any atom is 0.261 e. The zero-order chi connectivity index (χ0) is 23.5. The molecule has 1 aliphatic rings. The Morgan fingerprint density at radius 2 is 1.73 bits per heavy atom. The molecule has 2 aromatic carbocycles. The monoisotopic (exact) mass is 448 g/mol. The van der Waals surface area contributed by atoms with Crippen LogP contribution in [0.15, 0.2) is 59.2 Å². The third-order valence-electron chi connectivity index (χ3n) is 5.60. The van der Waals surface area contributed by atoms with Gasteiger partial charge in [0, 0.05) is 18.7 Å². The van der Waals surface area contributed by atoms with Crippen LogP contribution < -0.4 is 9.47 Å². The first kappa shape index (κ1) is 22.1. The number of nitrogens with zero attached hydrogens (tertiary/aromatic N) is 2. The van der Waals surface area contributed by atoms with Crippen LogP contribution in [0.25, 0.3) is 0 Å². The summed E-state index contributed by atoms with van der Waals surface area (Å²) < 4.78 is 15.9. The molecule has 8 nitrogen and oxygen atoms in total. The fraction of sp³-hybridized carbons (Fsp3) is 0.240. The lowest BCUT2D eigenvalue weighted by Crippen LogP contribution is -2.30. The van der Waals surface area contributed by atoms with Crippen LogP contribution in [0.2, 0.25) is 0 Å². The number of rotatable bonds is 8. The summed E-state index contributed by atoms with van der Waals surface area (Å²) in [5.74, 6) is 0.619. The average Bonchev–Trinajstić information content (AvgIpc) is 3.44. The van der Waals surface area contributed by atoms with E-state index in [9.17, 15) is 14.4 Å². The average molecular weight is 448 g/mol. The second kappa shape index (κ2) is 9.20. The number of ether oxygens (including phenoxy) is 2. The molecular formula is C25H24N2O6. The van der Waals surface area contributed by atoms with Gasteiger partial charge in [-0.3, -0.25) is 19.3 Å². The molecule has 0 fully saturated rings. The van der Waals surface area contributed by atoms with Gasteiger partial charge in [0.1, 0.15) is 5.76 Å². The van der Waals surface area contributed by atoms with Crippen molar-refractivity contribution in [1.82, 2.24) is 9.80 Å². The normalized spacial score (nSPS) is 12.6. The van der Waals surface area contributed by atoms with Crippen molar-refractivity contribution in [2.45, 2.75) is 20.0 Å². The van der Waals surface area contributed by atoms with Gasteiger partial charge in [0.05, 0.1) is 38.2 Å². The Bertz CT molecular complexity index is 1200. The third-order valence-corrected chi connectivity index (χ3v) is 5.60. The van der Waals surface area contributed by atoms with Crippen molar-refractivity contribution in [3.8, 4) is 11.5 Å². The maximum atomic E-state index is 13.2. The van der Waals surface area contributed by atoms with Crippen molar-refractivity contribution in [3.63, 3.8) is 0 Å². The number of amides is 3. The van der Waals surface area contributed by atoms with Crippen molar-refractivity contribution >= 4 is 17.7 Å². The Morgan fingerprint density at radius 1 is 0.970 bits per heavy atom. The van der Waals surface area contributed by atoms with Crippen molar-refractivity contribution in [2.75, 3.05) is 20.8 Å². The number of benzene rings is 2. The minimum Gasteiger partial charge on any atom is -0.493 e. The highest BCUT2D eigenvalue weighted by atomic mass is 16.5. The highest BCUT2D eigenvalue weighted by molar-refractivity contribution is 6.22. The first-order chi connectivity index (χ1) is 16.0. The Hall–Kier alpha value is -4.07. The molecule has 170 valence electrons. The van der Waals surface area contributed by atoms with Gasteiger partial charge >= 0.3 is 0 Å². The van der Waals surface area contributed by atoms with Gasteiger partial charge in [-0.1, -0.05) is 6.07 Å². The topological polar surface area (TPSA) is 89.3 Å². The molecule has 0 saturated carbocycles. The van der Waals surface area contributed by atoms with E-state index in [0.717, 1.165) is 10.5 Å². The van der Waals surface area contributed by atoms with E-state index in [0.29, 0.717) is 35.9 Å². The molecule has 0 radical (unpaired) electrons. The predicted octanol–water partition coefficient (Wildman–Crippen LogP) is 3.76. The predicted molar refractivity (Wildman–Crippen MR) is 119 cm³/mol. The van der Waals surface area contributed by atoms with E-state index in [4.69, 9.17) is 13.9 Å². The van der Waals surface area contributed by atoms with Crippen molar-refractivity contribution < 1.29 is 28.3 Å². The molecule has 3 aromatic rings. The van der Waals surface area contributed by atoms with Crippen molar-refractivity contribution in [3.05, 3.63) is 82.8 Å². The van der Waals surface area contributed by atoms with E-state index in [1.807, 2.05) is 19.1 Å². The van der Waals surface area contributed by atoms with E-state index in [-0.39, 0.29) is 23.6 Å². The van der Waals surface area contributed by atoms with E-state index < -0.39 is 11.8 Å². The number of furan rings is 1. The third kappa shape index (κ3) is 4.19. The minimum atomic E-state index is -0.441. The van der Waals surface area contributed by atoms with Gasteiger partial charge in [-0.15, -0.1) is 0 Å². The summed E-state index contributed by atoms with van der Waals surface area (Å²) in [6.45, 7) is 2.74. The second-order valence-corrected chi connectivity index (χ2v) is 7.54. The SMILES string of the molecule is CCN(Cc1ccc(OC)c(OC)c1)C(=O)c1ccc2c(c1)C(=O)N(Cc1ccco1)C2=O. The second-order valence-electron chi connectivity index (χ2n) is 7.54. The lowest BCUT2D eigenvalue weighted by Gasteiger charge is -2.22. The van der Waals surface area contributed by atoms with Crippen LogP contribution in [0.5, 0.6) is 11.5 Å². The van der Waals surface area contributed by atoms with Gasteiger partial charge in [-0.25, -0.2) is 0 Å². The number of carbonyl (C=O) groups is 3. The number of carbonyl (C=O) groups excluding carboxylic acids is 3. The van der Waals surface area contributed by atoms with Crippen LogP contribution in [-0.4, -0.2) is 48.3 Å². The number of hydrogen-bond acceptors (Lipinski definition) is 6. The van der Waals surface area contributed by atoms with Crippen LogP contribution in [0, 0.1) is 0 Å². The maximum absolute atomic E-state index is 13.2. The number of hydrogen-bond donors (Lipinski definition) is 0. The van der Waals surface area contributed by atoms with Crippen molar-refractivity contribution in [2.24, 2.45) is 0 Å². The summed E-state index contributed by atoms with van der Waals surface area (Å²) in [5, 5.41) is 0. The number of fused-ring (bicyclic) bond motifs is 1. The fourth-order valence-corrected chi connectivity index (χ4v) is 3.83. The minimum absolute atomic E-state index is 0.0447. The van der Waals surface area contributed by atoms with Crippen molar-refractivity contribution in [1.29, 1.82) is 0 Å². The molecule has 3 amide bonds. The van der Waals surface area contributed by atoms with Crippen LogP contribution >= 0.6 is 0 Å². The molecule has 0 N–H and O–H groups in total. The lowest BCUT2D eigenvalue weighted by molar-refractivity contribution is 0.0631. The molecule has 0 bridgehead atoms. The van der Waals surface area contributed by atoms with Gasteiger partial charge < -0.3 is 18.8 Å². The summed E-state index contributed by atoms with van der Waals surface area (Å²) >= 11 is 0. The van der Waals surface area contributed by atoms with Crippen LogP contribution in [0.3, 0.4) is 0 Å². The molecule has 0 saturated heterocycles. The zero-order valence-corrected chi connectivity index (χ0v) is 18.7. The Morgan fingerprint density at radius 3 is 2.39 bits per heavy atom. The Labute approximate surface area is 191 Å². The van der Waals surface area contributed by atoms with Gasteiger partial charge in [0.15, 0.2) is 11.5 Å². The largest absolute Gasteiger partial charge is 0.493 e. The molecule has 1 aliphatic heterocycles. The van der Waals surface area contributed by atoms with E-state index in [1.54, 1.807) is 43.4 Å². The Kier molecular flexibility index (Phi) is 6.17. The molecule has 8 heteroatoms. The van der Waals surface area contributed by atoms with Crippen LogP contribution in [0.4, 0.5) is 0 Å². The summed E-state index contributed by atoms with van der Waals surface area (Å²) in [6, 6.07) is 13.5. The number of imide groups is 1. The first-order valence-corrected chi connectivity index (χ1v) is 10.5. The Balaban J connectivity index is 1.55. The quantitative estimate of drug-likeness (QED) is 0.488. The molecule has 0 unspecified atom stereocenters. The summed E-state index contributed by atoms with van der Waals surface area (Å²) in [7, 11) is 3.12. The fourth-order valence-electron chi connectivity index (χ4n) is 3.83. The summed E-state index contributed by atoms with van der Waals surface area (Å²) in [6.07, 6.45) is 1.49. The highest BCUT2D eigenvalue weighted by Gasteiger charge is 2.36. The van der Waals surface area contributed by atoms with Gasteiger partial charge in [0.2, 0.25) is 0 Å². The van der Waals surface area contributed by atoms with E-state index >= 15 is 0 Å². The molecule has 33 heavy (non-hydrogen) atoms. The van der Waals surface area contributed by atoms with Crippen LogP contribution in [-0.2, 0) is 13.1 Å². The van der Waals surface area contributed by atoms with E-state index in [1.165, 1.54) is 18.4 Å². The van der Waals surface area contributed by atoms with Gasteiger partial charge in [-0.2, -0.15) is 0 Å². The smallest absolute Gasteiger partial charge is 0.261 e. The highest BCUT2D eigenvalue weighted by Crippen LogP contribution is 2.29.